The lowest BCUT2D eigenvalue weighted by Crippen LogP contribution is -2.11. The highest BCUT2D eigenvalue weighted by Gasteiger charge is 2.06. The molecule has 1 heterocycles. The lowest BCUT2D eigenvalue weighted by Gasteiger charge is -2.10. The molecule has 1 aromatic heterocycles. The topological polar surface area (TPSA) is 48.1 Å². The fraction of sp³-hybridized carbons (Fsp3) is 0.188. The summed E-state index contributed by atoms with van der Waals surface area (Å²) in [6.45, 7) is 2.08. The number of nitrogens with zero attached hydrogens (tertiary/aromatic N) is 1. The predicted octanol–water partition coefficient (Wildman–Crippen LogP) is 3.81. The summed E-state index contributed by atoms with van der Waals surface area (Å²) in [6, 6.07) is 7.92. The van der Waals surface area contributed by atoms with E-state index in [9.17, 15) is 8.78 Å². The minimum atomic E-state index is -0.288. The van der Waals surface area contributed by atoms with Gasteiger partial charge >= 0.3 is 0 Å². The molecule has 0 unspecified atom stereocenters. The predicted molar refractivity (Wildman–Crippen MR) is 85.4 cm³/mol. The van der Waals surface area contributed by atoms with Gasteiger partial charge in [-0.2, -0.15) is 0 Å². The Morgan fingerprint density at radius 2 is 2.00 bits per heavy atom. The molecule has 0 bridgehead atoms. The number of ether oxygens (including phenoxy) is 1. The second-order valence-corrected chi connectivity index (χ2v) is 4.60. The van der Waals surface area contributed by atoms with Crippen LogP contribution in [0.15, 0.2) is 48.4 Å². The summed E-state index contributed by atoms with van der Waals surface area (Å²) in [5.41, 5.74) is 8.19. The molecule has 0 atom stereocenters. The Hall–Kier alpha value is -1.98. The van der Waals surface area contributed by atoms with Gasteiger partial charge in [0, 0.05) is 17.7 Å². The molecule has 1 aromatic carbocycles. The molecule has 0 radical (unpaired) electrons. The van der Waals surface area contributed by atoms with Crippen LogP contribution in [0.5, 0.6) is 5.75 Å². The molecule has 2 rings (SSSR count). The Kier molecular flexibility index (Phi) is 6.95. The Balaban J connectivity index is 0.00000242. The van der Waals surface area contributed by atoms with Crippen LogP contribution in [-0.4, -0.2) is 18.1 Å². The Morgan fingerprint density at radius 1 is 1.32 bits per heavy atom. The Labute approximate surface area is 134 Å². The number of hydrogen-bond acceptors (Lipinski definition) is 3. The van der Waals surface area contributed by atoms with Crippen LogP contribution < -0.4 is 10.5 Å². The van der Waals surface area contributed by atoms with Gasteiger partial charge in [0.2, 0.25) is 0 Å². The molecule has 118 valence electrons. The normalized spacial score (nSPS) is 11.0. The van der Waals surface area contributed by atoms with E-state index in [4.69, 9.17) is 10.5 Å². The zero-order valence-corrected chi connectivity index (χ0v) is 12.9. The summed E-state index contributed by atoms with van der Waals surface area (Å²) in [5, 5.41) is 0. The quantitative estimate of drug-likeness (QED) is 0.909. The molecule has 22 heavy (non-hydrogen) atoms. The molecule has 0 fully saturated rings. The minimum absolute atomic E-state index is 0. The van der Waals surface area contributed by atoms with Crippen molar-refractivity contribution in [1.29, 1.82) is 0 Å². The van der Waals surface area contributed by atoms with E-state index in [1.165, 1.54) is 12.1 Å². The molecule has 6 heteroatoms. The number of pyridine rings is 1. The van der Waals surface area contributed by atoms with Gasteiger partial charge in [0.05, 0.1) is 18.2 Å². The SMILES string of the molecule is Cc1cc(OCC(=CF)CN)cnc1-c1ccc(F)cc1.Cl. The summed E-state index contributed by atoms with van der Waals surface area (Å²) in [5.74, 6) is 0.245. The van der Waals surface area contributed by atoms with Gasteiger partial charge in [0.1, 0.15) is 18.2 Å². The average molecular weight is 327 g/mol. The smallest absolute Gasteiger partial charge is 0.138 e. The van der Waals surface area contributed by atoms with E-state index in [-0.39, 0.29) is 31.4 Å². The lowest BCUT2D eigenvalue weighted by molar-refractivity contribution is 0.346. The first-order chi connectivity index (χ1) is 10.1. The fourth-order valence-corrected chi connectivity index (χ4v) is 1.85. The maximum absolute atomic E-state index is 12.9. The van der Waals surface area contributed by atoms with Gasteiger partial charge in [-0.3, -0.25) is 4.98 Å². The maximum Gasteiger partial charge on any atom is 0.138 e. The molecule has 0 saturated carbocycles. The largest absolute Gasteiger partial charge is 0.487 e. The van der Waals surface area contributed by atoms with Crippen LogP contribution in [0.1, 0.15) is 5.56 Å². The van der Waals surface area contributed by atoms with E-state index in [1.807, 2.05) is 6.92 Å². The zero-order valence-electron chi connectivity index (χ0n) is 12.1. The second kappa shape index (κ2) is 8.46. The first-order valence-electron chi connectivity index (χ1n) is 6.47. The van der Waals surface area contributed by atoms with E-state index >= 15 is 0 Å². The molecule has 3 nitrogen and oxygen atoms in total. The van der Waals surface area contributed by atoms with Crippen molar-refractivity contribution in [2.45, 2.75) is 6.92 Å². The molecule has 0 amide bonds. The molecular weight excluding hydrogens is 310 g/mol. The van der Waals surface area contributed by atoms with Gasteiger partial charge in [-0.15, -0.1) is 12.4 Å². The third-order valence-corrected chi connectivity index (χ3v) is 3.01. The highest BCUT2D eigenvalue weighted by molar-refractivity contribution is 5.85. The monoisotopic (exact) mass is 326 g/mol. The molecule has 2 N–H and O–H groups in total. The highest BCUT2D eigenvalue weighted by atomic mass is 35.5. The third kappa shape index (κ3) is 4.51. The minimum Gasteiger partial charge on any atom is -0.487 e. The van der Waals surface area contributed by atoms with Gasteiger partial charge in [0.15, 0.2) is 0 Å². The number of aryl methyl sites for hydroxylation is 1. The van der Waals surface area contributed by atoms with E-state index in [0.717, 1.165) is 16.8 Å². The summed E-state index contributed by atoms with van der Waals surface area (Å²) >= 11 is 0. The van der Waals surface area contributed by atoms with Crippen LogP contribution in [0.3, 0.4) is 0 Å². The second-order valence-electron chi connectivity index (χ2n) is 4.60. The zero-order chi connectivity index (χ0) is 15.2. The van der Waals surface area contributed by atoms with Crippen molar-refractivity contribution in [3.8, 4) is 17.0 Å². The first-order valence-corrected chi connectivity index (χ1v) is 6.47. The van der Waals surface area contributed by atoms with Crippen LogP contribution >= 0.6 is 12.4 Å². The van der Waals surface area contributed by atoms with E-state index in [2.05, 4.69) is 4.98 Å². The Morgan fingerprint density at radius 3 is 2.55 bits per heavy atom. The van der Waals surface area contributed by atoms with Crippen LogP contribution in [0.25, 0.3) is 11.3 Å². The van der Waals surface area contributed by atoms with Gasteiger partial charge < -0.3 is 10.5 Å². The van der Waals surface area contributed by atoms with Gasteiger partial charge in [-0.05, 0) is 42.8 Å². The molecule has 2 aromatic rings. The van der Waals surface area contributed by atoms with Gasteiger partial charge in [-0.1, -0.05) is 0 Å². The first kappa shape index (κ1) is 18.1. The average Bonchev–Trinajstić information content (AvgIpc) is 2.49. The van der Waals surface area contributed by atoms with E-state index in [0.29, 0.717) is 17.7 Å². The number of aromatic nitrogens is 1. The molecule has 0 aliphatic carbocycles. The molecule has 0 aliphatic heterocycles. The summed E-state index contributed by atoms with van der Waals surface area (Å²) in [6.07, 6.45) is 2.01. The van der Waals surface area contributed by atoms with Crippen molar-refractivity contribution in [2.75, 3.05) is 13.2 Å². The van der Waals surface area contributed by atoms with Gasteiger partial charge in [0.25, 0.3) is 0 Å². The highest BCUT2D eigenvalue weighted by Crippen LogP contribution is 2.24. The molecule has 0 saturated heterocycles. The standard InChI is InChI=1S/C16H16F2N2O.ClH/c1-11-6-15(21-10-12(7-17)8-19)9-20-16(11)13-2-4-14(18)5-3-13;/h2-7,9H,8,10,19H2,1H3;1H. The van der Waals surface area contributed by atoms with Crippen molar-refractivity contribution >= 4 is 12.4 Å². The van der Waals surface area contributed by atoms with Crippen molar-refractivity contribution in [3.63, 3.8) is 0 Å². The number of halogens is 3. The number of rotatable bonds is 5. The third-order valence-electron chi connectivity index (χ3n) is 3.01. The summed E-state index contributed by atoms with van der Waals surface area (Å²) in [7, 11) is 0. The van der Waals surface area contributed by atoms with Crippen LogP contribution in [0.4, 0.5) is 8.78 Å². The number of nitrogens with two attached hydrogens (primary N) is 1. The van der Waals surface area contributed by atoms with Crippen molar-refractivity contribution in [1.82, 2.24) is 4.98 Å². The molecular formula is C16H17ClF2N2O. The molecule has 0 spiro atoms. The number of hydrogen-bond donors (Lipinski definition) is 1. The van der Waals surface area contributed by atoms with Crippen LogP contribution in [0.2, 0.25) is 0 Å². The molecule has 0 aliphatic rings. The van der Waals surface area contributed by atoms with Crippen molar-refractivity contribution in [2.24, 2.45) is 5.73 Å². The Bertz CT molecular complexity index is 645. The van der Waals surface area contributed by atoms with Gasteiger partial charge in [-0.25, -0.2) is 8.78 Å². The van der Waals surface area contributed by atoms with Crippen LogP contribution in [-0.2, 0) is 0 Å². The summed E-state index contributed by atoms with van der Waals surface area (Å²) < 4.78 is 30.7. The van der Waals surface area contributed by atoms with Crippen molar-refractivity contribution in [3.05, 3.63) is 59.8 Å². The maximum atomic E-state index is 12.9. The van der Waals surface area contributed by atoms with E-state index < -0.39 is 0 Å². The number of benzene rings is 1. The summed E-state index contributed by atoms with van der Waals surface area (Å²) in [4.78, 5) is 4.32. The van der Waals surface area contributed by atoms with Crippen molar-refractivity contribution < 1.29 is 13.5 Å². The van der Waals surface area contributed by atoms with E-state index in [1.54, 1.807) is 24.4 Å². The van der Waals surface area contributed by atoms with Crippen LogP contribution in [0, 0.1) is 12.7 Å². The fourth-order valence-electron chi connectivity index (χ4n) is 1.85. The lowest BCUT2D eigenvalue weighted by atomic mass is 10.1.